The van der Waals surface area contributed by atoms with E-state index in [1.807, 2.05) is 13.8 Å². The zero-order valence-corrected chi connectivity index (χ0v) is 12.3. The quantitative estimate of drug-likeness (QED) is 0.567. The Morgan fingerprint density at radius 2 is 1.85 bits per heavy atom. The molecule has 0 amide bonds. The maximum Gasteiger partial charge on any atom is 0.305 e. The van der Waals surface area contributed by atoms with Crippen LogP contribution in [0.4, 0.5) is 0 Å². The molecule has 0 aliphatic rings. The molecule has 0 N–H and O–H groups in total. The first-order chi connectivity index (χ1) is 9.47. The SMILES string of the molecule is COC(=O)CCC(=O)c1cc(OC(C)C)ccc1OC. The highest BCUT2D eigenvalue weighted by atomic mass is 16.5. The molecule has 0 aromatic heterocycles. The van der Waals surface area contributed by atoms with Gasteiger partial charge in [-0.3, -0.25) is 9.59 Å². The molecule has 5 nitrogen and oxygen atoms in total. The normalized spacial score (nSPS) is 10.2. The van der Waals surface area contributed by atoms with Crippen molar-refractivity contribution in [2.75, 3.05) is 14.2 Å². The lowest BCUT2D eigenvalue weighted by molar-refractivity contribution is -0.140. The van der Waals surface area contributed by atoms with E-state index in [9.17, 15) is 9.59 Å². The van der Waals surface area contributed by atoms with Crippen molar-refractivity contribution in [3.63, 3.8) is 0 Å². The van der Waals surface area contributed by atoms with Crippen molar-refractivity contribution in [1.82, 2.24) is 0 Å². The van der Waals surface area contributed by atoms with E-state index >= 15 is 0 Å². The van der Waals surface area contributed by atoms with E-state index in [1.54, 1.807) is 18.2 Å². The fourth-order valence-corrected chi connectivity index (χ4v) is 1.70. The summed E-state index contributed by atoms with van der Waals surface area (Å²) in [6.07, 6.45) is 0.142. The molecular formula is C15H20O5. The molecule has 0 unspecified atom stereocenters. The number of carbonyl (C=O) groups excluding carboxylic acids is 2. The zero-order chi connectivity index (χ0) is 15.1. The summed E-state index contributed by atoms with van der Waals surface area (Å²) in [5.41, 5.74) is 0.412. The molecule has 0 fully saturated rings. The van der Waals surface area contributed by atoms with Gasteiger partial charge in [-0.1, -0.05) is 0 Å². The van der Waals surface area contributed by atoms with Crippen LogP contribution < -0.4 is 9.47 Å². The highest BCUT2D eigenvalue weighted by Gasteiger charge is 2.15. The van der Waals surface area contributed by atoms with Gasteiger partial charge in [-0.25, -0.2) is 0 Å². The van der Waals surface area contributed by atoms with Gasteiger partial charge in [0.15, 0.2) is 5.78 Å². The van der Waals surface area contributed by atoms with Gasteiger partial charge in [0.05, 0.1) is 32.3 Å². The van der Waals surface area contributed by atoms with Crippen LogP contribution >= 0.6 is 0 Å². The molecule has 1 aromatic carbocycles. The van der Waals surface area contributed by atoms with E-state index < -0.39 is 5.97 Å². The van der Waals surface area contributed by atoms with Gasteiger partial charge in [-0.05, 0) is 32.0 Å². The highest BCUT2D eigenvalue weighted by Crippen LogP contribution is 2.26. The molecule has 0 aliphatic carbocycles. The van der Waals surface area contributed by atoms with Gasteiger partial charge < -0.3 is 14.2 Å². The van der Waals surface area contributed by atoms with Crippen LogP contribution in [-0.2, 0) is 9.53 Å². The number of ether oxygens (including phenoxy) is 3. The van der Waals surface area contributed by atoms with E-state index in [0.717, 1.165) is 0 Å². The number of hydrogen-bond donors (Lipinski definition) is 0. The molecule has 0 heterocycles. The smallest absolute Gasteiger partial charge is 0.305 e. The summed E-state index contributed by atoms with van der Waals surface area (Å²) in [5.74, 6) is 0.478. The van der Waals surface area contributed by atoms with E-state index in [-0.39, 0.29) is 24.7 Å². The number of esters is 1. The maximum absolute atomic E-state index is 12.1. The van der Waals surface area contributed by atoms with Crippen LogP contribution in [0.3, 0.4) is 0 Å². The first kappa shape index (κ1) is 16.0. The summed E-state index contributed by atoms with van der Waals surface area (Å²) >= 11 is 0. The average Bonchev–Trinajstić information content (AvgIpc) is 2.43. The third-order valence-corrected chi connectivity index (χ3v) is 2.63. The number of methoxy groups -OCH3 is 2. The van der Waals surface area contributed by atoms with Gasteiger partial charge in [0, 0.05) is 6.42 Å². The van der Waals surface area contributed by atoms with Crippen LogP contribution in [0, 0.1) is 0 Å². The molecule has 0 saturated carbocycles. The molecule has 110 valence electrons. The fraction of sp³-hybridized carbons (Fsp3) is 0.467. The maximum atomic E-state index is 12.1. The highest BCUT2D eigenvalue weighted by molar-refractivity contribution is 6.00. The lowest BCUT2D eigenvalue weighted by Crippen LogP contribution is -2.09. The van der Waals surface area contributed by atoms with Gasteiger partial charge in [0.2, 0.25) is 0 Å². The lowest BCUT2D eigenvalue weighted by Gasteiger charge is -2.13. The third kappa shape index (κ3) is 4.57. The Morgan fingerprint density at radius 1 is 1.15 bits per heavy atom. The number of ketones is 1. The third-order valence-electron chi connectivity index (χ3n) is 2.63. The van der Waals surface area contributed by atoms with Crippen LogP contribution in [0.2, 0.25) is 0 Å². The summed E-state index contributed by atoms with van der Waals surface area (Å²) in [6, 6.07) is 5.07. The average molecular weight is 280 g/mol. The van der Waals surface area contributed by atoms with Gasteiger partial charge in [-0.2, -0.15) is 0 Å². The number of hydrogen-bond acceptors (Lipinski definition) is 5. The molecule has 0 spiro atoms. The second-order valence-corrected chi connectivity index (χ2v) is 4.53. The lowest BCUT2D eigenvalue weighted by atomic mass is 10.1. The minimum absolute atomic E-state index is 0.0152. The minimum atomic E-state index is -0.410. The van der Waals surface area contributed by atoms with Crippen molar-refractivity contribution in [1.29, 1.82) is 0 Å². The predicted molar refractivity (Wildman–Crippen MR) is 74.3 cm³/mol. The van der Waals surface area contributed by atoms with Crippen molar-refractivity contribution in [2.45, 2.75) is 32.8 Å². The topological polar surface area (TPSA) is 61.8 Å². The van der Waals surface area contributed by atoms with Crippen molar-refractivity contribution >= 4 is 11.8 Å². The molecule has 5 heteroatoms. The Hall–Kier alpha value is -2.04. The van der Waals surface area contributed by atoms with Crippen LogP contribution in [-0.4, -0.2) is 32.1 Å². The van der Waals surface area contributed by atoms with Crippen molar-refractivity contribution in [3.8, 4) is 11.5 Å². The molecule has 0 atom stereocenters. The fourth-order valence-electron chi connectivity index (χ4n) is 1.70. The van der Waals surface area contributed by atoms with Crippen molar-refractivity contribution in [2.24, 2.45) is 0 Å². The second kappa shape index (κ2) is 7.53. The number of carbonyl (C=O) groups is 2. The van der Waals surface area contributed by atoms with E-state index in [1.165, 1.54) is 14.2 Å². The molecule has 0 bridgehead atoms. The molecule has 20 heavy (non-hydrogen) atoms. The number of rotatable bonds is 7. The van der Waals surface area contributed by atoms with Gasteiger partial charge >= 0.3 is 5.97 Å². The van der Waals surface area contributed by atoms with Crippen molar-refractivity contribution in [3.05, 3.63) is 23.8 Å². The number of benzene rings is 1. The molecular weight excluding hydrogens is 260 g/mol. The summed E-state index contributed by atoms with van der Waals surface area (Å²) < 4.78 is 15.2. The first-order valence-electron chi connectivity index (χ1n) is 6.42. The Labute approximate surface area is 118 Å². The molecule has 0 saturated heterocycles. The van der Waals surface area contributed by atoms with Gasteiger partial charge in [-0.15, -0.1) is 0 Å². The zero-order valence-electron chi connectivity index (χ0n) is 12.3. The monoisotopic (exact) mass is 280 g/mol. The van der Waals surface area contributed by atoms with Gasteiger partial charge in [0.1, 0.15) is 11.5 Å². The number of Topliss-reactive ketones (excluding diaryl/α,β-unsaturated/α-hetero) is 1. The molecule has 0 radical (unpaired) electrons. The van der Waals surface area contributed by atoms with E-state index in [0.29, 0.717) is 17.1 Å². The summed E-state index contributed by atoms with van der Waals surface area (Å²) in [6.45, 7) is 3.81. The largest absolute Gasteiger partial charge is 0.496 e. The van der Waals surface area contributed by atoms with Crippen LogP contribution in [0.5, 0.6) is 11.5 Å². The standard InChI is InChI=1S/C15H20O5/c1-10(2)20-11-5-7-14(18-3)12(9-11)13(16)6-8-15(17)19-4/h5,7,9-10H,6,8H2,1-4H3. The summed E-state index contributed by atoms with van der Waals surface area (Å²) in [7, 11) is 2.79. The summed E-state index contributed by atoms with van der Waals surface area (Å²) in [4.78, 5) is 23.2. The second-order valence-electron chi connectivity index (χ2n) is 4.53. The minimum Gasteiger partial charge on any atom is -0.496 e. The Morgan fingerprint density at radius 3 is 2.40 bits per heavy atom. The van der Waals surface area contributed by atoms with E-state index in [4.69, 9.17) is 9.47 Å². The Bertz CT molecular complexity index is 479. The van der Waals surface area contributed by atoms with Crippen molar-refractivity contribution < 1.29 is 23.8 Å². The molecule has 1 rings (SSSR count). The predicted octanol–water partition coefficient (Wildman–Crippen LogP) is 2.62. The molecule has 1 aromatic rings. The van der Waals surface area contributed by atoms with Crippen LogP contribution in [0.15, 0.2) is 18.2 Å². The van der Waals surface area contributed by atoms with Crippen LogP contribution in [0.25, 0.3) is 0 Å². The van der Waals surface area contributed by atoms with Gasteiger partial charge in [0.25, 0.3) is 0 Å². The first-order valence-corrected chi connectivity index (χ1v) is 6.42. The Kier molecular flexibility index (Phi) is 6.03. The summed E-state index contributed by atoms with van der Waals surface area (Å²) in [5, 5.41) is 0. The van der Waals surface area contributed by atoms with E-state index in [2.05, 4.69) is 4.74 Å². The molecule has 0 aliphatic heterocycles. The Balaban J connectivity index is 2.89. The van der Waals surface area contributed by atoms with Crippen LogP contribution in [0.1, 0.15) is 37.0 Å².